The van der Waals surface area contributed by atoms with Gasteiger partial charge in [0, 0.05) is 13.1 Å². The third-order valence-electron chi connectivity index (χ3n) is 1.93. The molecule has 1 saturated heterocycles. The minimum absolute atomic E-state index is 0.0773. The largest absolute Gasteiger partial charge is 0.334 e. The molecule has 1 aliphatic rings. The smallest absolute Gasteiger partial charge is 0.278 e. The fourth-order valence-corrected chi connectivity index (χ4v) is 1.54. The maximum absolute atomic E-state index is 10.7. The second-order valence-corrected chi connectivity index (χ2v) is 3.36. The maximum Gasteiger partial charge on any atom is 0.278 e. The predicted octanol–water partition coefficient (Wildman–Crippen LogP) is 1.77. The van der Waals surface area contributed by atoms with Crippen LogP contribution in [0.5, 0.6) is 0 Å². The molecule has 0 N–H and O–H groups in total. The Morgan fingerprint density at radius 3 is 2.80 bits per heavy atom. The van der Waals surface area contributed by atoms with E-state index in [0.29, 0.717) is 5.92 Å². The lowest BCUT2D eigenvalue weighted by molar-refractivity contribution is 0.193. The number of hydrogen-bond donors (Lipinski definition) is 1. The molecule has 0 aromatic rings. The minimum atomic E-state index is -0.0773. The molecule has 10 heavy (non-hydrogen) atoms. The van der Waals surface area contributed by atoms with Crippen LogP contribution in [0.25, 0.3) is 0 Å². The zero-order valence-electron chi connectivity index (χ0n) is 6.21. The average Bonchev–Trinajstić information content (AvgIpc) is 1.88. The van der Waals surface area contributed by atoms with Gasteiger partial charge < -0.3 is 4.90 Å². The van der Waals surface area contributed by atoms with Crippen molar-refractivity contribution in [3.63, 3.8) is 0 Å². The summed E-state index contributed by atoms with van der Waals surface area (Å²) in [6.45, 7) is 3.96. The summed E-state index contributed by atoms with van der Waals surface area (Å²) in [7, 11) is 0. The van der Waals surface area contributed by atoms with Gasteiger partial charge in [-0.25, -0.2) is 0 Å². The van der Waals surface area contributed by atoms with E-state index >= 15 is 0 Å². The average molecular weight is 159 g/mol. The first-order chi connectivity index (χ1) is 4.70. The molecule has 58 valence electrons. The fourth-order valence-electron chi connectivity index (χ4n) is 1.36. The summed E-state index contributed by atoms with van der Waals surface area (Å²) in [4.78, 5) is 12.5. The number of piperidine rings is 1. The van der Waals surface area contributed by atoms with Gasteiger partial charge in [-0.15, -0.1) is 0 Å². The van der Waals surface area contributed by atoms with Crippen molar-refractivity contribution in [2.75, 3.05) is 13.1 Å². The van der Waals surface area contributed by atoms with E-state index in [-0.39, 0.29) is 5.24 Å². The van der Waals surface area contributed by atoms with E-state index in [1.807, 2.05) is 0 Å². The fraction of sp³-hybridized carbons (Fsp3) is 0.857. The van der Waals surface area contributed by atoms with Crippen molar-refractivity contribution in [3.8, 4) is 0 Å². The van der Waals surface area contributed by atoms with E-state index in [1.165, 1.54) is 6.42 Å². The van der Waals surface area contributed by atoms with Crippen LogP contribution in [0.4, 0.5) is 4.79 Å². The van der Waals surface area contributed by atoms with Gasteiger partial charge in [-0.1, -0.05) is 19.6 Å². The van der Waals surface area contributed by atoms with Gasteiger partial charge >= 0.3 is 0 Å². The molecule has 1 rings (SSSR count). The van der Waals surface area contributed by atoms with Gasteiger partial charge in [-0.2, -0.15) is 0 Å². The highest BCUT2D eigenvalue weighted by molar-refractivity contribution is 7.96. The Kier molecular flexibility index (Phi) is 2.60. The molecular weight excluding hydrogens is 146 g/mol. The number of carbonyl (C=O) groups excluding carboxylic acids is 1. The van der Waals surface area contributed by atoms with Crippen LogP contribution in [0, 0.1) is 5.92 Å². The van der Waals surface area contributed by atoms with Crippen LogP contribution in [0.3, 0.4) is 0 Å². The van der Waals surface area contributed by atoms with Crippen molar-refractivity contribution in [2.45, 2.75) is 19.8 Å². The third-order valence-corrected chi connectivity index (χ3v) is 2.21. The van der Waals surface area contributed by atoms with Crippen molar-refractivity contribution in [2.24, 2.45) is 5.92 Å². The number of hydrogen-bond acceptors (Lipinski definition) is 1. The predicted molar refractivity (Wildman–Crippen MR) is 44.4 cm³/mol. The summed E-state index contributed by atoms with van der Waals surface area (Å²) >= 11 is 3.77. The highest BCUT2D eigenvalue weighted by Gasteiger charge is 2.17. The quantitative estimate of drug-likeness (QED) is 0.534. The molecule has 0 spiro atoms. The number of rotatable bonds is 0. The Morgan fingerprint density at radius 1 is 1.70 bits per heavy atom. The van der Waals surface area contributed by atoms with Gasteiger partial charge in [-0.3, -0.25) is 4.79 Å². The first kappa shape index (κ1) is 7.92. The van der Waals surface area contributed by atoms with Crippen molar-refractivity contribution >= 4 is 17.9 Å². The Balaban J connectivity index is 2.39. The molecule has 1 atom stereocenters. The third kappa shape index (κ3) is 1.90. The highest BCUT2D eigenvalue weighted by atomic mass is 32.1. The molecule has 3 heteroatoms. The molecule has 1 unspecified atom stereocenters. The van der Waals surface area contributed by atoms with Crippen molar-refractivity contribution < 1.29 is 4.79 Å². The van der Waals surface area contributed by atoms with E-state index < -0.39 is 0 Å². The molecule has 0 saturated carbocycles. The summed E-state index contributed by atoms with van der Waals surface area (Å²) in [5, 5.41) is -0.0773. The van der Waals surface area contributed by atoms with Crippen LogP contribution in [-0.2, 0) is 0 Å². The SMILES string of the molecule is CC1CCCN(C(=O)S)C1. The van der Waals surface area contributed by atoms with Crippen molar-refractivity contribution in [1.29, 1.82) is 0 Å². The second-order valence-electron chi connectivity index (χ2n) is 2.98. The molecule has 0 aliphatic carbocycles. The second kappa shape index (κ2) is 3.28. The van der Waals surface area contributed by atoms with E-state index in [0.717, 1.165) is 19.5 Å². The normalized spacial score (nSPS) is 26.6. The van der Waals surface area contributed by atoms with E-state index in [4.69, 9.17) is 0 Å². The van der Waals surface area contributed by atoms with Crippen LogP contribution in [0.15, 0.2) is 0 Å². The van der Waals surface area contributed by atoms with Gasteiger partial charge in [0.15, 0.2) is 0 Å². The zero-order chi connectivity index (χ0) is 7.56. The number of amides is 1. The summed E-state index contributed by atoms with van der Waals surface area (Å²) in [5.41, 5.74) is 0. The molecule has 0 aromatic heterocycles. The molecular formula is C7H13NOS. The zero-order valence-corrected chi connectivity index (χ0v) is 7.10. The molecule has 1 aliphatic heterocycles. The standard InChI is InChI=1S/C7H13NOS/c1-6-3-2-4-8(5-6)7(9)10/h6H,2-5H2,1H3,(H,9,10). The minimum Gasteiger partial charge on any atom is -0.334 e. The first-order valence-corrected chi connectivity index (χ1v) is 4.12. The van der Waals surface area contributed by atoms with Crippen LogP contribution >= 0.6 is 12.6 Å². The molecule has 0 aromatic carbocycles. The summed E-state index contributed by atoms with van der Waals surface area (Å²) in [5.74, 6) is 0.657. The Labute approximate surface area is 67.0 Å². The number of nitrogens with zero attached hydrogens (tertiary/aromatic N) is 1. The molecule has 2 nitrogen and oxygen atoms in total. The molecule has 0 bridgehead atoms. The topological polar surface area (TPSA) is 20.3 Å². The van der Waals surface area contributed by atoms with Crippen molar-refractivity contribution in [1.82, 2.24) is 4.90 Å². The number of thiol groups is 1. The molecule has 0 radical (unpaired) electrons. The molecule has 1 amide bonds. The first-order valence-electron chi connectivity index (χ1n) is 3.68. The lowest BCUT2D eigenvalue weighted by atomic mass is 10.0. The van der Waals surface area contributed by atoms with Crippen LogP contribution in [0.2, 0.25) is 0 Å². The summed E-state index contributed by atoms with van der Waals surface area (Å²) in [6.07, 6.45) is 2.38. The van der Waals surface area contributed by atoms with E-state index in [1.54, 1.807) is 4.90 Å². The Bertz CT molecular complexity index is 138. The highest BCUT2D eigenvalue weighted by Crippen LogP contribution is 2.16. The van der Waals surface area contributed by atoms with Gasteiger partial charge in [0.25, 0.3) is 5.24 Å². The monoisotopic (exact) mass is 159 g/mol. The van der Waals surface area contributed by atoms with Crippen LogP contribution in [-0.4, -0.2) is 23.2 Å². The Morgan fingerprint density at radius 2 is 2.40 bits per heavy atom. The van der Waals surface area contributed by atoms with Crippen LogP contribution in [0.1, 0.15) is 19.8 Å². The number of likely N-dealkylation sites (tertiary alicyclic amines) is 1. The van der Waals surface area contributed by atoms with E-state index in [2.05, 4.69) is 19.6 Å². The maximum atomic E-state index is 10.7. The Hall–Kier alpha value is -0.180. The molecule has 1 fully saturated rings. The van der Waals surface area contributed by atoms with Gasteiger partial charge in [0.1, 0.15) is 0 Å². The summed E-state index contributed by atoms with van der Waals surface area (Å²) in [6, 6.07) is 0. The number of carbonyl (C=O) groups is 1. The van der Waals surface area contributed by atoms with E-state index in [9.17, 15) is 4.79 Å². The lowest BCUT2D eigenvalue weighted by Crippen LogP contribution is -2.35. The molecule has 1 heterocycles. The van der Waals surface area contributed by atoms with Crippen LogP contribution < -0.4 is 0 Å². The lowest BCUT2D eigenvalue weighted by Gasteiger charge is -2.29. The van der Waals surface area contributed by atoms with Gasteiger partial charge in [0.05, 0.1) is 0 Å². The van der Waals surface area contributed by atoms with Crippen molar-refractivity contribution in [3.05, 3.63) is 0 Å². The van der Waals surface area contributed by atoms with Gasteiger partial charge in [0.2, 0.25) is 0 Å². The van der Waals surface area contributed by atoms with Gasteiger partial charge in [-0.05, 0) is 18.8 Å². The summed E-state index contributed by atoms with van der Waals surface area (Å²) < 4.78 is 0.